The van der Waals surface area contributed by atoms with Crippen LogP contribution in [0.5, 0.6) is 0 Å². The maximum Gasteiger partial charge on any atom is 0.264 e. The fourth-order valence-corrected chi connectivity index (χ4v) is 11.6. The zero-order valence-corrected chi connectivity index (χ0v) is 49.0. The second kappa shape index (κ2) is 23.6. The number of H-pyrrole nitrogens is 3. The summed E-state index contributed by atoms with van der Waals surface area (Å²) in [5.74, 6) is 1.43. The molecular weight excluding hydrogens is 1160 g/mol. The average molecular weight is 1210 g/mol. The molecule has 1 fully saturated rings. The maximum absolute atomic E-state index is 14.0. The number of nitrogens with one attached hydrogen (secondary N) is 6. The van der Waals surface area contributed by atoms with Gasteiger partial charge >= 0.3 is 0 Å². The van der Waals surface area contributed by atoms with Crippen LogP contribution in [0.1, 0.15) is 80.4 Å². The van der Waals surface area contributed by atoms with E-state index < -0.39 is 5.82 Å². The molecule has 0 unspecified atom stereocenters. The van der Waals surface area contributed by atoms with Crippen LogP contribution in [0.4, 0.5) is 21.8 Å². The van der Waals surface area contributed by atoms with Gasteiger partial charge in [-0.25, -0.2) is 49.2 Å². The van der Waals surface area contributed by atoms with E-state index in [1.807, 2.05) is 123 Å². The van der Waals surface area contributed by atoms with Crippen molar-refractivity contribution in [3.05, 3.63) is 235 Å². The standard InChI is InChI=1S/C23H19FN6O.C22H17ClN6O.C19H17ClN6O/c1-13-5-3-6-15-9-18(14(2)29-22-20-21(26-11-25-20)27-12-28-22)30(23(31)19(13)15)17-8-4-7-16(24)10-17;1-13(28-21-19-20(25-11-24-19)26-12-27-21)17-10-14-6-5-9-16(23)18(14)22(30)29(17)15-7-3-2-4-8-15;1-10(25-18-16-17(22-8-21-16)23-9-24-18)14-7-11-3-2-4-13(20)15(11)19(27)26(14)12-5-6-12/h3-12,14H,1-2H3,(H2,25,26,27,28,29);2-13H,1H3,(H2,24,25,26,27,28);2-4,7-10,12H,5-6H2,1H3,(H2,21,22,23,24,25)/t14-;13-;10-/m000/s1. The number of pyridine rings is 3. The van der Waals surface area contributed by atoms with Gasteiger partial charge in [-0.15, -0.1) is 0 Å². The lowest BCUT2D eigenvalue weighted by atomic mass is 10.0. The molecule has 9 aromatic heterocycles. The summed E-state index contributed by atoms with van der Waals surface area (Å²) in [6.45, 7) is 7.83. The van der Waals surface area contributed by atoms with Crippen LogP contribution in [0.15, 0.2) is 180 Å². The zero-order valence-electron chi connectivity index (χ0n) is 47.5. The topological polar surface area (TPSA) is 265 Å². The average Bonchev–Trinajstić information content (AvgIpc) is 1.89. The lowest BCUT2D eigenvalue weighted by molar-refractivity contribution is 0.625. The Morgan fingerprint density at radius 2 is 0.898 bits per heavy atom. The highest BCUT2D eigenvalue weighted by Crippen LogP contribution is 2.38. The van der Waals surface area contributed by atoms with E-state index in [2.05, 4.69) is 75.8 Å². The number of nitrogens with zero attached hydrogens (tertiary/aromatic N) is 12. The Morgan fingerprint density at radius 3 is 1.40 bits per heavy atom. The highest BCUT2D eigenvalue weighted by atomic mass is 35.5. The van der Waals surface area contributed by atoms with Crippen LogP contribution in [0.3, 0.4) is 0 Å². The number of hydrogen-bond acceptors (Lipinski definition) is 15. The molecule has 0 amide bonds. The number of halogens is 3. The molecule has 1 aliphatic carbocycles. The minimum atomic E-state index is -0.407. The third-order valence-corrected chi connectivity index (χ3v) is 16.1. The molecule has 0 radical (unpaired) electrons. The van der Waals surface area contributed by atoms with E-state index in [9.17, 15) is 18.8 Å². The fraction of sp³-hybridized carbons (Fsp3) is 0.156. The third-order valence-electron chi connectivity index (χ3n) is 15.4. The van der Waals surface area contributed by atoms with Gasteiger partial charge in [0.25, 0.3) is 16.7 Å². The van der Waals surface area contributed by atoms with E-state index in [-0.39, 0.29) is 40.8 Å². The second-order valence-electron chi connectivity index (χ2n) is 21.2. The molecule has 438 valence electrons. The number of aromatic amines is 3. The molecule has 0 spiro atoms. The molecule has 15 rings (SSSR count). The van der Waals surface area contributed by atoms with E-state index in [0.29, 0.717) is 83.0 Å². The highest BCUT2D eigenvalue weighted by molar-refractivity contribution is 6.35. The van der Waals surface area contributed by atoms with E-state index in [4.69, 9.17) is 23.2 Å². The summed E-state index contributed by atoms with van der Waals surface area (Å²) in [7, 11) is 0. The normalized spacial score (nSPS) is 13.3. The lowest BCUT2D eigenvalue weighted by Crippen LogP contribution is -2.26. The van der Waals surface area contributed by atoms with Crippen LogP contribution in [0.2, 0.25) is 10.0 Å². The fourth-order valence-electron chi connectivity index (χ4n) is 11.1. The molecule has 5 aromatic carbocycles. The van der Waals surface area contributed by atoms with Gasteiger partial charge in [-0.05, 0) is 123 Å². The number of rotatable bonds is 12. The van der Waals surface area contributed by atoms with E-state index in [1.54, 1.807) is 52.4 Å². The van der Waals surface area contributed by atoms with Gasteiger partial charge in [-0.3, -0.25) is 23.5 Å². The van der Waals surface area contributed by atoms with Gasteiger partial charge in [-0.1, -0.05) is 89.9 Å². The molecule has 1 saturated carbocycles. The molecule has 1 aliphatic rings. The number of aryl methyl sites for hydroxylation is 1. The Morgan fingerprint density at radius 1 is 0.477 bits per heavy atom. The molecule has 0 saturated heterocycles. The van der Waals surface area contributed by atoms with Crippen molar-refractivity contribution >= 4 is 106 Å². The first-order chi connectivity index (χ1) is 42.8. The van der Waals surface area contributed by atoms with Gasteiger partial charge in [0, 0.05) is 28.8 Å². The Hall–Kier alpha value is -10.7. The van der Waals surface area contributed by atoms with Crippen molar-refractivity contribution in [2.75, 3.05) is 16.0 Å². The first-order valence-corrected chi connectivity index (χ1v) is 28.9. The highest BCUT2D eigenvalue weighted by Gasteiger charge is 2.30. The van der Waals surface area contributed by atoms with Gasteiger partial charge in [0.1, 0.15) is 41.3 Å². The van der Waals surface area contributed by atoms with Gasteiger partial charge in [-0.2, -0.15) is 0 Å². The molecule has 21 nitrogen and oxygen atoms in total. The van der Waals surface area contributed by atoms with E-state index in [1.165, 1.54) is 31.1 Å². The summed E-state index contributed by atoms with van der Waals surface area (Å²) in [5.41, 5.74) is 7.94. The summed E-state index contributed by atoms with van der Waals surface area (Å²) < 4.78 is 19.2. The first-order valence-electron chi connectivity index (χ1n) is 28.2. The van der Waals surface area contributed by atoms with Gasteiger partial charge in [0.05, 0.1) is 69.0 Å². The first kappa shape index (κ1) is 56.4. The smallest absolute Gasteiger partial charge is 0.264 e. The lowest BCUT2D eigenvalue weighted by Gasteiger charge is -2.22. The van der Waals surface area contributed by atoms with Crippen molar-refractivity contribution in [3.63, 3.8) is 0 Å². The monoisotopic (exact) mass is 1210 g/mol. The van der Waals surface area contributed by atoms with Crippen molar-refractivity contribution in [2.45, 2.75) is 64.7 Å². The molecule has 88 heavy (non-hydrogen) atoms. The minimum absolute atomic E-state index is 0.0291. The minimum Gasteiger partial charge on any atom is -0.360 e. The van der Waals surface area contributed by atoms with Crippen molar-refractivity contribution in [1.82, 2.24) is 73.5 Å². The van der Waals surface area contributed by atoms with Crippen LogP contribution >= 0.6 is 23.2 Å². The van der Waals surface area contributed by atoms with Crippen molar-refractivity contribution in [3.8, 4) is 11.4 Å². The SMILES string of the molecule is C[C@H](Nc1ncnc2nc[nH]c12)c1cc2cccc(Cl)c2c(=O)n1-c1ccccc1.C[C@H](Nc1ncnc2nc[nH]c12)c1cc2cccc(Cl)c2c(=O)n1C1CC1.Cc1cccc2cc([C@H](C)Nc3ncnc4nc[nH]c34)n(-c3cccc(F)c3)c(=O)c12. The van der Waals surface area contributed by atoms with Crippen molar-refractivity contribution in [2.24, 2.45) is 0 Å². The Kier molecular flexibility index (Phi) is 15.1. The van der Waals surface area contributed by atoms with Crippen LogP contribution < -0.4 is 32.6 Å². The quantitative estimate of drug-likeness (QED) is 0.0664. The summed E-state index contributed by atoms with van der Waals surface area (Å²) >= 11 is 12.7. The predicted molar refractivity (Wildman–Crippen MR) is 341 cm³/mol. The molecule has 0 bridgehead atoms. The zero-order chi connectivity index (χ0) is 60.7. The summed E-state index contributed by atoms with van der Waals surface area (Å²) in [4.78, 5) is 87.3. The Labute approximate surface area is 508 Å². The molecule has 24 heteroatoms. The molecule has 6 N–H and O–H groups in total. The van der Waals surface area contributed by atoms with Crippen LogP contribution in [0, 0.1) is 12.7 Å². The summed E-state index contributed by atoms with van der Waals surface area (Å²) in [5, 5.41) is 15.2. The summed E-state index contributed by atoms with van der Waals surface area (Å²) in [6, 6.07) is 37.8. The molecule has 3 atom stereocenters. The van der Waals surface area contributed by atoms with Gasteiger partial charge in [0.2, 0.25) is 0 Å². The predicted octanol–water partition coefficient (Wildman–Crippen LogP) is 12.6. The van der Waals surface area contributed by atoms with Crippen LogP contribution in [0.25, 0.3) is 77.2 Å². The number of benzene rings is 5. The third kappa shape index (κ3) is 10.8. The van der Waals surface area contributed by atoms with Crippen molar-refractivity contribution in [1.29, 1.82) is 0 Å². The van der Waals surface area contributed by atoms with Gasteiger partial charge in [0.15, 0.2) is 34.4 Å². The van der Waals surface area contributed by atoms with Gasteiger partial charge < -0.3 is 35.5 Å². The van der Waals surface area contributed by atoms with Crippen LogP contribution in [-0.4, -0.2) is 73.5 Å². The number of aromatic nitrogens is 15. The van der Waals surface area contributed by atoms with E-state index >= 15 is 0 Å². The molecule has 14 aromatic rings. The number of fused-ring (bicyclic) bond motifs is 6. The maximum atomic E-state index is 14.0. The number of anilines is 3. The number of para-hydroxylation sites is 1. The number of imidazole rings is 3. The Bertz CT molecular complexity index is 5160. The Balaban J connectivity index is 0.000000122. The van der Waals surface area contributed by atoms with Crippen molar-refractivity contribution < 1.29 is 4.39 Å². The summed E-state index contributed by atoms with van der Waals surface area (Å²) in [6.07, 6.45) is 11.1. The number of hydrogen-bond donors (Lipinski definition) is 6. The second-order valence-corrected chi connectivity index (χ2v) is 22.0. The molecular formula is C64H53Cl2FN18O3. The van der Waals surface area contributed by atoms with Crippen LogP contribution in [-0.2, 0) is 0 Å². The molecule has 0 aliphatic heterocycles. The molecule has 9 heterocycles. The largest absolute Gasteiger partial charge is 0.360 e. The van der Waals surface area contributed by atoms with E-state index in [0.717, 1.165) is 57.2 Å².